The van der Waals surface area contributed by atoms with Crippen molar-refractivity contribution >= 4 is 17.4 Å². The van der Waals surface area contributed by atoms with E-state index in [2.05, 4.69) is 17.4 Å². The van der Waals surface area contributed by atoms with E-state index in [0.717, 1.165) is 6.42 Å². The maximum atomic E-state index is 10.8. The van der Waals surface area contributed by atoms with E-state index in [1.807, 2.05) is 0 Å². The van der Waals surface area contributed by atoms with Gasteiger partial charge in [-0.1, -0.05) is 0 Å². The zero-order chi connectivity index (χ0) is 10.7. The lowest BCUT2D eigenvalue weighted by Crippen LogP contribution is -2.39. The Morgan fingerprint density at radius 2 is 2.33 bits per heavy atom. The molecule has 5 heteroatoms. The fourth-order valence-corrected chi connectivity index (χ4v) is 2.60. The van der Waals surface area contributed by atoms with Crippen LogP contribution in [0.3, 0.4) is 0 Å². The summed E-state index contributed by atoms with van der Waals surface area (Å²) in [5.74, 6) is 0.381. The smallest absolute Gasteiger partial charge is 0.407 e. The molecule has 1 aromatic heterocycles. The van der Waals surface area contributed by atoms with E-state index in [-0.39, 0.29) is 6.09 Å². The molecule has 0 saturated carbocycles. The van der Waals surface area contributed by atoms with Crippen molar-refractivity contribution in [2.75, 3.05) is 13.2 Å². The standard InChI is InChI=1S/C10H14N2O2S/c11-4-9-2-1-8(15-9)3-7-5-12-10(13)14-6-7/h1-2,7H,3-6,11H2,(H,12,13)/t7-/m0/s1. The average molecular weight is 226 g/mol. The molecule has 1 atom stereocenters. The highest BCUT2D eigenvalue weighted by Crippen LogP contribution is 2.20. The highest BCUT2D eigenvalue weighted by molar-refractivity contribution is 7.11. The lowest BCUT2D eigenvalue weighted by molar-refractivity contribution is 0.103. The van der Waals surface area contributed by atoms with Crippen molar-refractivity contribution in [1.29, 1.82) is 0 Å². The Kier molecular flexibility index (Phi) is 3.23. The average Bonchev–Trinajstić information content (AvgIpc) is 2.69. The summed E-state index contributed by atoms with van der Waals surface area (Å²) in [6.07, 6.45) is 0.644. The van der Waals surface area contributed by atoms with Crippen LogP contribution >= 0.6 is 11.3 Å². The molecule has 1 fully saturated rings. The van der Waals surface area contributed by atoms with E-state index in [1.165, 1.54) is 9.75 Å². The quantitative estimate of drug-likeness (QED) is 0.811. The number of ether oxygens (including phenoxy) is 1. The molecule has 0 aromatic carbocycles. The third kappa shape index (κ3) is 2.70. The van der Waals surface area contributed by atoms with Crippen molar-refractivity contribution < 1.29 is 9.53 Å². The summed E-state index contributed by atoms with van der Waals surface area (Å²) in [5, 5.41) is 2.69. The Morgan fingerprint density at radius 3 is 2.93 bits per heavy atom. The van der Waals surface area contributed by atoms with Crippen molar-refractivity contribution in [2.24, 2.45) is 11.7 Å². The number of carbonyl (C=O) groups excluding carboxylic acids is 1. The highest BCUT2D eigenvalue weighted by atomic mass is 32.1. The van der Waals surface area contributed by atoms with Crippen LogP contribution in [0.1, 0.15) is 9.75 Å². The number of carbonyl (C=O) groups is 1. The van der Waals surface area contributed by atoms with Gasteiger partial charge in [0.1, 0.15) is 0 Å². The molecule has 0 unspecified atom stereocenters. The van der Waals surface area contributed by atoms with E-state index >= 15 is 0 Å². The Morgan fingerprint density at radius 1 is 1.53 bits per heavy atom. The predicted molar refractivity (Wildman–Crippen MR) is 58.8 cm³/mol. The van der Waals surface area contributed by atoms with Gasteiger partial charge in [0.25, 0.3) is 0 Å². The third-order valence-corrected chi connectivity index (χ3v) is 3.52. The maximum absolute atomic E-state index is 10.8. The normalized spacial score (nSPS) is 20.9. The fraction of sp³-hybridized carbons (Fsp3) is 0.500. The molecule has 0 bridgehead atoms. The number of nitrogens with one attached hydrogen (secondary N) is 1. The van der Waals surface area contributed by atoms with Gasteiger partial charge in [0.2, 0.25) is 0 Å². The summed E-state index contributed by atoms with van der Waals surface area (Å²) in [6, 6.07) is 4.16. The zero-order valence-electron chi connectivity index (χ0n) is 8.36. The first-order valence-corrected chi connectivity index (χ1v) is 5.78. The molecule has 1 aromatic rings. The number of nitrogens with two attached hydrogens (primary N) is 1. The van der Waals surface area contributed by atoms with Crippen molar-refractivity contribution in [3.05, 3.63) is 21.9 Å². The van der Waals surface area contributed by atoms with Crippen LogP contribution in [0, 0.1) is 5.92 Å². The number of rotatable bonds is 3. The Labute approximate surface area is 92.4 Å². The molecule has 15 heavy (non-hydrogen) atoms. The van der Waals surface area contributed by atoms with E-state index in [1.54, 1.807) is 11.3 Å². The second-order valence-corrected chi connectivity index (χ2v) is 4.87. The van der Waals surface area contributed by atoms with Gasteiger partial charge in [0.05, 0.1) is 6.61 Å². The third-order valence-electron chi connectivity index (χ3n) is 2.39. The lowest BCUT2D eigenvalue weighted by Gasteiger charge is -2.21. The molecule has 0 aliphatic carbocycles. The van der Waals surface area contributed by atoms with Gasteiger partial charge < -0.3 is 15.8 Å². The minimum atomic E-state index is -0.305. The topological polar surface area (TPSA) is 64.3 Å². The van der Waals surface area contributed by atoms with E-state index in [4.69, 9.17) is 10.5 Å². The van der Waals surface area contributed by atoms with Gasteiger partial charge in [0, 0.05) is 28.8 Å². The Hall–Kier alpha value is -1.07. The summed E-state index contributed by atoms with van der Waals surface area (Å²) in [5.41, 5.74) is 5.54. The monoisotopic (exact) mass is 226 g/mol. The van der Waals surface area contributed by atoms with Gasteiger partial charge in [-0.15, -0.1) is 11.3 Å². The van der Waals surface area contributed by atoms with E-state index in [9.17, 15) is 4.79 Å². The highest BCUT2D eigenvalue weighted by Gasteiger charge is 2.19. The molecular weight excluding hydrogens is 212 g/mol. The lowest BCUT2D eigenvalue weighted by atomic mass is 10.1. The van der Waals surface area contributed by atoms with Crippen LogP contribution < -0.4 is 11.1 Å². The van der Waals surface area contributed by atoms with Crippen molar-refractivity contribution in [3.63, 3.8) is 0 Å². The molecule has 3 N–H and O–H groups in total. The molecule has 0 spiro atoms. The van der Waals surface area contributed by atoms with Gasteiger partial charge in [0.15, 0.2) is 0 Å². The zero-order valence-corrected chi connectivity index (χ0v) is 9.18. The molecule has 82 valence electrons. The van der Waals surface area contributed by atoms with Crippen LogP contribution in [0.25, 0.3) is 0 Å². The van der Waals surface area contributed by atoms with Crippen molar-refractivity contribution in [3.8, 4) is 0 Å². The minimum absolute atomic E-state index is 0.305. The van der Waals surface area contributed by atoms with Crippen LogP contribution in [0.15, 0.2) is 12.1 Å². The first-order chi connectivity index (χ1) is 7.28. The van der Waals surface area contributed by atoms with E-state index in [0.29, 0.717) is 25.6 Å². The van der Waals surface area contributed by atoms with Gasteiger partial charge in [-0.2, -0.15) is 0 Å². The number of hydrogen-bond donors (Lipinski definition) is 2. The molecular formula is C10H14N2O2S. The number of amides is 1. The van der Waals surface area contributed by atoms with Crippen LogP contribution in [0.5, 0.6) is 0 Å². The van der Waals surface area contributed by atoms with Crippen LogP contribution in [-0.4, -0.2) is 19.2 Å². The van der Waals surface area contributed by atoms with Crippen molar-refractivity contribution in [1.82, 2.24) is 5.32 Å². The molecule has 1 aliphatic heterocycles. The predicted octanol–water partition coefficient (Wildman–Crippen LogP) is 1.11. The molecule has 2 rings (SSSR count). The fourth-order valence-electron chi connectivity index (χ4n) is 1.59. The summed E-state index contributed by atoms with van der Waals surface area (Å²) in [7, 11) is 0. The first-order valence-electron chi connectivity index (χ1n) is 4.96. The largest absolute Gasteiger partial charge is 0.449 e. The number of hydrogen-bond acceptors (Lipinski definition) is 4. The molecule has 1 aliphatic rings. The van der Waals surface area contributed by atoms with Crippen LogP contribution in [0.4, 0.5) is 4.79 Å². The Bertz CT molecular complexity index is 341. The molecule has 1 saturated heterocycles. The van der Waals surface area contributed by atoms with E-state index < -0.39 is 0 Å². The van der Waals surface area contributed by atoms with Gasteiger partial charge in [-0.05, 0) is 18.6 Å². The van der Waals surface area contributed by atoms with Gasteiger partial charge in [-0.25, -0.2) is 4.79 Å². The number of alkyl carbamates (subject to hydrolysis) is 1. The maximum Gasteiger partial charge on any atom is 0.407 e. The summed E-state index contributed by atoms with van der Waals surface area (Å²) < 4.78 is 4.93. The molecule has 2 heterocycles. The van der Waals surface area contributed by atoms with Gasteiger partial charge >= 0.3 is 6.09 Å². The minimum Gasteiger partial charge on any atom is -0.449 e. The summed E-state index contributed by atoms with van der Waals surface area (Å²) in [4.78, 5) is 13.3. The first kappa shape index (κ1) is 10.4. The number of thiophene rings is 1. The second kappa shape index (κ2) is 4.63. The van der Waals surface area contributed by atoms with Crippen LogP contribution in [-0.2, 0) is 17.7 Å². The molecule has 1 amide bonds. The molecule has 4 nitrogen and oxygen atoms in total. The summed E-state index contributed by atoms with van der Waals surface area (Å²) in [6.45, 7) is 1.82. The van der Waals surface area contributed by atoms with Crippen molar-refractivity contribution in [2.45, 2.75) is 13.0 Å². The summed E-state index contributed by atoms with van der Waals surface area (Å²) >= 11 is 1.73. The Balaban J connectivity index is 1.88. The second-order valence-electron chi connectivity index (χ2n) is 3.62. The van der Waals surface area contributed by atoms with Gasteiger partial charge in [-0.3, -0.25) is 0 Å². The van der Waals surface area contributed by atoms with Crippen LogP contribution in [0.2, 0.25) is 0 Å². The number of cyclic esters (lactones) is 1. The molecule has 0 radical (unpaired) electrons. The SMILES string of the molecule is NCc1ccc(C[C@H]2CNC(=O)OC2)s1.